The number of carbonyl (C=O) groups is 1. The monoisotopic (exact) mass is 417 g/mol. The Morgan fingerprint density at radius 2 is 1.66 bits per heavy atom. The van der Waals surface area contributed by atoms with Crippen molar-refractivity contribution in [3.05, 3.63) is 59.7 Å². The molecular formula is C22H27NO5S. The van der Waals surface area contributed by atoms with Crippen LogP contribution in [0.4, 0.5) is 0 Å². The SMILES string of the molecule is CCOc1cc(C=CC(=O)c2ccc(S(=O)(=O)N(CC)CC)cc2)ccc1OC. The van der Waals surface area contributed by atoms with Gasteiger partial charge in [-0.05, 0) is 55.0 Å². The van der Waals surface area contributed by atoms with Crippen molar-refractivity contribution in [3.63, 3.8) is 0 Å². The fourth-order valence-electron chi connectivity index (χ4n) is 2.84. The van der Waals surface area contributed by atoms with Gasteiger partial charge < -0.3 is 9.47 Å². The van der Waals surface area contributed by atoms with E-state index < -0.39 is 10.0 Å². The lowest BCUT2D eigenvalue weighted by Gasteiger charge is -2.18. The molecule has 0 N–H and O–H groups in total. The number of ether oxygens (including phenoxy) is 2. The predicted molar refractivity (Wildman–Crippen MR) is 114 cm³/mol. The highest BCUT2D eigenvalue weighted by Crippen LogP contribution is 2.28. The van der Waals surface area contributed by atoms with E-state index in [9.17, 15) is 13.2 Å². The molecule has 0 fully saturated rings. The van der Waals surface area contributed by atoms with Crippen LogP contribution in [0.1, 0.15) is 36.7 Å². The van der Waals surface area contributed by atoms with Crippen LogP contribution in [0.2, 0.25) is 0 Å². The Morgan fingerprint density at radius 3 is 2.21 bits per heavy atom. The minimum absolute atomic E-state index is 0.179. The number of rotatable bonds is 10. The number of hydrogen-bond acceptors (Lipinski definition) is 5. The van der Waals surface area contributed by atoms with E-state index in [1.54, 1.807) is 39.2 Å². The summed E-state index contributed by atoms with van der Waals surface area (Å²) in [4.78, 5) is 12.6. The molecule has 156 valence electrons. The Labute approximate surface area is 172 Å². The van der Waals surface area contributed by atoms with Crippen LogP contribution < -0.4 is 9.47 Å². The molecule has 0 unspecified atom stereocenters. The number of nitrogens with zero attached hydrogens (tertiary/aromatic N) is 1. The van der Waals surface area contributed by atoms with Crippen LogP contribution in [0.3, 0.4) is 0 Å². The molecule has 0 aliphatic heterocycles. The molecule has 7 heteroatoms. The zero-order chi connectivity index (χ0) is 21.4. The minimum Gasteiger partial charge on any atom is -0.493 e. The van der Waals surface area contributed by atoms with Gasteiger partial charge in [-0.3, -0.25) is 4.79 Å². The van der Waals surface area contributed by atoms with Crippen molar-refractivity contribution in [1.29, 1.82) is 0 Å². The fourth-order valence-corrected chi connectivity index (χ4v) is 4.30. The summed E-state index contributed by atoms with van der Waals surface area (Å²) in [6.45, 7) is 6.77. The van der Waals surface area contributed by atoms with Gasteiger partial charge in [0.05, 0.1) is 18.6 Å². The van der Waals surface area contributed by atoms with Gasteiger partial charge in [0.15, 0.2) is 17.3 Å². The second-order valence-electron chi connectivity index (χ2n) is 6.15. The maximum atomic E-state index is 12.5. The Kier molecular flexibility index (Phi) is 7.99. The highest BCUT2D eigenvalue weighted by Gasteiger charge is 2.21. The number of sulfonamides is 1. The first kappa shape index (κ1) is 22.6. The first-order valence-electron chi connectivity index (χ1n) is 9.50. The molecule has 0 aliphatic rings. The van der Waals surface area contributed by atoms with Crippen LogP contribution in [-0.4, -0.2) is 45.3 Å². The molecule has 6 nitrogen and oxygen atoms in total. The van der Waals surface area contributed by atoms with Crippen LogP contribution in [-0.2, 0) is 10.0 Å². The number of ketones is 1. The molecule has 0 radical (unpaired) electrons. The number of hydrogen-bond donors (Lipinski definition) is 0. The average Bonchev–Trinajstić information content (AvgIpc) is 2.73. The molecule has 0 atom stereocenters. The fraction of sp³-hybridized carbons (Fsp3) is 0.318. The van der Waals surface area contributed by atoms with Crippen molar-refractivity contribution in [2.24, 2.45) is 0 Å². The standard InChI is InChI=1S/C22H27NO5S/c1-5-23(6-2)29(25,26)19-12-10-18(11-13-19)20(24)14-8-17-9-15-21(27-4)22(16-17)28-7-3/h8-16H,5-7H2,1-4H3. The van der Waals surface area contributed by atoms with Crippen LogP contribution >= 0.6 is 0 Å². The van der Waals surface area contributed by atoms with Gasteiger partial charge in [-0.15, -0.1) is 0 Å². The number of allylic oxidation sites excluding steroid dienone is 1. The second kappa shape index (κ2) is 10.2. The molecule has 2 aromatic carbocycles. The summed E-state index contributed by atoms with van der Waals surface area (Å²) in [5.74, 6) is 1.02. The third kappa shape index (κ3) is 5.46. The largest absolute Gasteiger partial charge is 0.493 e. The summed E-state index contributed by atoms with van der Waals surface area (Å²) in [6, 6.07) is 11.4. The zero-order valence-electron chi connectivity index (χ0n) is 17.2. The van der Waals surface area contributed by atoms with E-state index >= 15 is 0 Å². The predicted octanol–water partition coefficient (Wildman–Crippen LogP) is 4.02. The topological polar surface area (TPSA) is 72.9 Å². The molecule has 0 aromatic heterocycles. The van der Waals surface area contributed by atoms with Crippen LogP contribution in [0, 0.1) is 0 Å². The summed E-state index contributed by atoms with van der Waals surface area (Å²) in [6.07, 6.45) is 3.14. The highest BCUT2D eigenvalue weighted by molar-refractivity contribution is 7.89. The van der Waals surface area contributed by atoms with Crippen molar-refractivity contribution in [3.8, 4) is 11.5 Å². The minimum atomic E-state index is -3.54. The molecule has 29 heavy (non-hydrogen) atoms. The first-order chi connectivity index (χ1) is 13.9. The molecule has 0 heterocycles. The molecule has 2 aromatic rings. The molecule has 0 bridgehead atoms. The summed E-state index contributed by atoms with van der Waals surface area (Å²) in [5.41, 5.74) is 1.21. The molecule has 0 saturated heterocycles. The van der Waals surface area contributed by atoms with Gasteiger partial charge in [-0.25, -0.2) is 8.42 Å². The number of carbonyl (C=O) groups excluding carboxylic acids is 1. The van der Waals surface area contributed by atoms with E-state index in [-0.39, 0.29) is 10.7 Å². The van der Waals surface area contributed by atoms with E-state index in [4.69, 9.17) is 9.47 Å². The zero-order valence-corrected chi connectivity index (χ0v) is 18.0. The van der Waals surface area contributed by atoms with Crippen molar-refractivity contribution in [1.82, 2.24) is 4.31 Å². The molecule has 0 aliphatic carbocycles. The lowest BCUT2D eigenvalue weighted by molar-refractivity contribution is 0.104. The van der Waals surface area contributed by atoms with Crippen molar-refractivity contribution in [2.45, 2.75) is 25.7 Å². The summed E-state index contributed by atoms with van der Waals surface area (Å²) >= 11 is 0. The number of benzene rings is 2. The third-order valence-corrected chi connectivity index (χ3v) is 6.46. The van der Waals surface area contributed by atoms with E-state index in [1.807, 2.05) is 13.0 Å². The maximum absolute atomic E-state index is 12.5. The lowest BCUT2D eigenvalue weighted by atomic mass is 10.1. The summed E-state index contributed by atoms with van der Waals surface area (Å²) in [5, 5.41) is 0. The third-order valence-electron chi connectivity index (χ3n) is 4.40. The molecule has 2 rings (SSSR count). The van der Waals surface area contributed by atoms with Crippen molar-refractivity contribution >= 4 is 21.9 Å². The lowest BCUT2D eigenvalue weighted by Crippen LogP contribution is -2.30. The quantitative estimate of drug-likeness (QED) is 0.431. The van der Waals surface area contributed by atoms with Gasteiger partial charge >= 0.3 is 0 Å². The maximum Gasteiger partial charge on any atom is 0.243 e. The Morgan fingerprint density at radius 1 is 1.00 bits per heavy atom. The highest BCUT2D eigenvalue weighted by atomic mass is 32.2. The van der Waals surface area contributed by atoms with E-state index in [0.717, 1.165) is 5.56 Å². The van der Waals surface area contributed by atoms with Gasteiger partial charge in [0, 0.05) is 18.7 Å². The summed E-state index contributed by atoms with van der Waals surface area (Å²) in [7, 11) is -1.97. The van der Waals surface area contributed by atoms with E-state index in [1.165, 1.54) is 34.6 Å². The van der Waals surface area contributed by atoms with E-state index in [0.29, 0.717) is 36.8 Å². The Bertz CT molecular complexity index is 961. The van der Waals surface area contributed by atoms with Crippen molar-refractivity contribution < 1.29 is 22.7 Å². The first-order valence-corrected chi connectivity index (χ1v) is 10.9. The molecule has 0 amide bonds. The number of methoxy groups -OCH3 is 1. The smallest absolute Gasteiger partial charge is 0.243 e. The van der Waals surface area contributed by atoms with Crippen LogP contribution in [0.5, 0.6) is 11.5 Å². The van der Waals surface area contributed by atoms with Crippen LogP contribution in [0.15, 0.2) is 53.4 Å². The average molecular weight is 418 g/mol. The summed E-state index contributed by atoms with van der Waals surface area (Å²) < 4.78 is 37.2. The van der Waals surface area contributed by atoms with Crippen LogP contribution in [0.25, 0.3) is 6.08 Å². The Hall–Kier alpha value is -2.64. The van der Waals surface area contributed by atoms with Gasteiger partial charge in [-0.2, -0.15) is 4.31 Å². The van der Waals surface area contributed by atoms with Gasteiger partial charge in [-0.1, -0.05) is 26.0 Å². The van der Waals surface area contributed by atoms with Gasteiger partial charge in [0.1, 0.15) is 0 Å². The van der Waals surface area contributed by atoms with Gasteiger partial charge in [0.2, 0.25) is 10.0 Å². The molecular weight excluding hydrogens is 390 g/mol. The molecule has 0 spiro atoms. The van der Waals surface area contributed by atoms with E-state index in [2.05, 4.69) is 0 Å². The molecule has 0 saturated carbocycles. The van der Waals surface area contributed by atoms with Crippen molar-refractivity contribution in [2.75, 3.05) is 26.8 Å². The normalized spacial score (nSPS) is 11.8. The van der Waals surface area contributed by atoms with Gasteiger partial charge in [0.25, 0.3) is 0 Å². The Balaban J connectivity index is 2.18. The second-order valence-corrected chi connectivity index (χ2v) is 8.09.